The summed E-state index contributed by atoms with van der Waals surface area (Å²) in [5.74, 6) is 1.54. The second kappa shape index (κ2) is 7.90. The van der Waals surface area contributed by atoms with Crippen molar-refractivity contribution < 1.29 is 14.1 Å². The van der Waals surface area contributed by atoms with Crippen molar-refractivity contribution in [3.8, 4) is 5.75 Å². The number of carbonyl (C=O) groups excluding carboxylic acids is 1. The molecule has 1 aliphatic rings. The normalized spacial score (nSPS) is 14.7. The van der Waals surface area contributed by atoms with Crippen LogP contribution in [0.3, 0.4) is 0 Å². The van der Waals surface area contributed by atoms with E-state index >= 15 is 0 Å². The molecule has 27 heavy (non-hydrogen) atoms. The number of nitrogens with zero attached hydrogens (tertiary/aromatic N) is 2. The van der Waals surface area contributed by atoms with Gasteiger partial charge in [0.05, 0.1) is 5.54 Å². The van der Waals surface area contributed by atoms with Crippen molar-refractivity contribution >= 4 is 18.2 Å². The number of hydrogen-bond donors (Lipinski definition) is 1. The SMILES string of the molecule is Cl.NC1(c2noc(COc3ccc(C(=O)c4ccccc4)cc3)n2)CCC1. The number of ketones is 1. The minimum atomic E-state index is -0.443. The molecule has 0 amide bonds. The number of benzene rings is 2. The molecule has 1 heterocycles. The average Bonchev–Trinajstić information content (AvgIpc) is 3.14. The van der Waals surface area contributed by atoms with E-state index in [2.05, 4.69) is 10.1 Å². The molecule has 0 saturated heterocycles. The molecule has 7 heteroatoms. The van der Waals surface area contributed by atoms with E-state index in [1.54, 1.807) is 36.4 Å². The highest BCUT2D eigenvalue weighted by Gasteiger charge is 2.38. The molecule has 2 N–H and O–H groups in total. The van der Waals surface area contributed by atoms with Gasteiger partial charge in [-0.2, -0.15) is 4.98 Å². The van der Waals surface area contributed by atoms with Crippen molar-refractivity contribution in [2.24, 2.45) is 5.73 Å². The number of carbonyl (C=O) groups is 1. The highest BCUT2D eigenvalue weighted by molar-refractivity contribution is 6.08. The summed E-state index contributed by atoms with van der Waals surface area (Å²) in [6, 6.07) is 16.2. The first kappa shape index (κ1) is 19.1. The number of nitrogens with two attached hydrogens (primary N) is 1. The fourth-order valence-electron chi connectivity index (χ4n) is 2.90. The molecule has 0 aliphatic heterocycles. The topological polar surface area (TPSA) is 91.2 Å². The fourth-order valence-corrected chi connectivity index (χ4v) is 2.90. The maximum atomic E-state index is 12.4. The molecule has 0 atom stereocenters. The minimum absolute atomic E-state index is 0. The molecule has 1 aromatic heterocycles. The average molecular weight is 386 g/mol. The van der Waals surface area contributed by atoms with E-state index in [0.717, 1.165) is 19.3 Å². The second-order valence-electron chi connectivity index (χ2n) is 6.53. The van der Waals surface area contributed by atoms with Crippen LogP contribution in [0.4, 0.5) is 0 Å². The van der Waals surface area contributed by atoms with Crippen molar-refractivity contribution in [3.63, 3.8) is 0 Å². The van der Waals surface area contributed by atoms with Gasteiger partial charge < -0.3 is 15.0 Å². The van der Waals surface area contributed by atoms with E-state index in [9.17, 15) is 4.79 Å². The molecule has 6 nitrogen and oxygen atoms in total. The van der Waals surface area contributed by atoms with Crippen LogP contribution in [0.1, 0.15) is 46.9 Å². The Morgan fingerprint density at radius 2 is 1.74 bits per heavy atom. The Morgan fingerprint density at radius 1 is 1.07 bits per heavy atom. The van der Waals surface area contributed by atoms with Gasteiger partial charge in [-0.3, -0.25) is 4.79 Å². The van der Waals surface area contributed by atoms with Gasteiger partial charge in [0.25, 0.3) is 5.89 Å². The first-order chi connectivity index (χ1) is 12.6. The van der Waals surface area contributed by atoms with Gasteiger partial charge in [-0.05, 0) is 43.5 Å². The summed E-state index contributed by atoms with van der Waals surface area (Å²) in [6.07, 6.45) is 2.85. The molecule has 0 unspecified atom stereocenters. The summed E-state index contributed by atoms with van der Waals surface area (Å²) < 4.78 is 10.9. The zero-order valence-electron chi connectivity index (χ0n) is 14.6. The predicted molar refractivity (Wildman–Crippen MR) is 102 cm³/mol. The Kier molecular flexibility index (Phi) is 5.58. The van der Waals surface area contributed by atoms with Crippen molar-refractivity contribution in [1.82, 2.24) is 10.1 Å². The molecular formula is C20H20ClN3O3. The Labute approximate surface area is 163 Å². The van der Waals surface area contributed by atoms with Crippen molar-refractivity contribution in [2.45, 2.75) is 31.4 Å². The largest absolute Gasteiger partial charge is 0.484 e. The number of rotatable bonds is 6. The first-order valence-corrected chi connectivity index (χ1v) is 8.59. The van der Waals surface area contributed by atoms with Crippen LogP contribution in [0.5, 0.6) is 5.75 Å². The monoisotopic (exact) mass is 385 g/mol. The molecule has 0 bridgehead atoms. The van der Waals surface area contributed by atoms with E-state index in [1.165, 1.54) is 0 Å². The Hall–Kier alpha value is -2.70. The van der Waals surface area contributed by atoms with Gasteiger partial charge in [0.15, 0.2) is 18.2 Å². The summed E-state index contributed by atoms with van der Waals surface area (Å²) in [6.45, 7) is 0.162. The smallest absolute Gasteiger partial charge is 0.264 e. The lowest BCUT2D eigenvalue weighted by molar-refractivity contribution is 0.103. The lowest BCUT2D eigenvalue weighted by Gasteiger charge is -2.34. The molecule has 3 aromatic rings. The Balaban J connectivity index is 0.00000210. The molecule has 1 aliphatic carbocycles. The van der Waals surface area contributed by atoms with E-state index in [4.69, 9.17) is 15.0 Å². The van der Waals surface area contributed by atoms with E-state index in [-0.39, 0.29) is 24.8 Å². The van der Waals surface area contributed by atoms with Crippen molar-refractivity contribution in [3.05, 3.63) is 77.4 Å². The quantitative estimate of drug-likeness (QED) is 0.651. The maximum absolute atomic E-state index is 12.4. The third-order valence-corrected chi connectivity index (χ3v) is 4.67. The summed E-state index contributed by atoms with van der Waals surface area (Å²) in [4.78, 5) is 16.7. The van der Waals surface area contributed by atoms with E-state index in [0.29, 0.717) is 28.6 Å². The zero-order chi connectivity index (χ0) is 18.0. The van der Waals surface area contributed by atoms with Gasteiger partial charge in [-0.1, -0.05) is 35.5 Å². The van der Waals surface area contributed by atoms with Crippen LogP contribution in [0.15, 0.2) is 59.1 Å². The third-order valence-electron chi connectivity index (χ3n) is 4.67. The maximum Gasteiger partial charge on any atom is 0.264 e. The summed E-state index contributed by atoms with van der Waals surface area (Å²) in [5.41, 5.74) is 7.01. The van der Waals surface area contributed by atoms with Crippen LogP contribution in [0.2, 0.25) is 0 Å². The summed E-state index contributed by atoms with van der Waals surface area (Å²) in [7, 11) is 0. The molecule has 4 rings (SSSR count). The lowest BCUT2D eigenvalue weighted by Crippen LogP contribution is -2.44. The van der Waals surface area contributed by atoms with Gasteiger partial charge in [-0.15, -0.1) is 12.4 Å². The van der Waals surface area contributed by atoms with Crippen LogP contribution in [-0.4, -0.2) is 15.9 Å². The standard InChI is InChI=1S/C20H19N3O3.ClH/c21-20(11-4-12-20)19-22-17(26-23-19)13-25-16-9-7-15(8-10-16)18(24)14-5-2-1-3-6-14;/h1-3,5-10H,4,11-13,21H2;1H. The Morgan fingerprint density at radius 3 is 2.37 bits per heavy atom. The lowest BCUT2D eigenvalue weighted by atomic mass is 9.77. The number of aromatic nitrogens is 2. The second-order valence-corrected chi connectivity index (χ2v) is 6.53. The van der Waals surface area contributed by atoms with Crippen LogP contribution in [0, 0.1) is 0 Å². The van der Waals surface area contributed by atoms with Crippen LogP contribution >= 0.6 is 12.4 Å². The van der Waals surface area contributed by atoms with Gasteiger partial charge in [0, 0.05) is 11.1 Å². The van der Waals surface area contributed by atoms with Crippen LogP contribution in [0.25, 0.3) is 0 Å². The van der Waals surface area contributed by atoms with E-state index < -0.39 is 5.54 Å². The molecule has 1 fully saturated rings. The predicted octanol–water partition coefficient (Wildman–Crippen LogP) is 3.64. The number of halogens is 1. The molecule has 2 aromatic carbocycles. The summed E-state index contributed by atoms with van der Waals surface area (Å²) in [5, 5.41) is 3.96. The third kappa shape index (κ3) is 4.02. The summed E-state index contributed by atoms with van der Waals surface area (Å²) >= 11 is 0. The fraction of sp³-hybridized carbons (Fsp3) is 0.250. The highest BCUT2D eigenvalue weighted by atomic mass is 35.5. The van der Waals surface area contributed by atoms with Crippen LogP contribution in [-0.2, 0) is 12.1 Å². The molecule has 0 radical (unpaired) electrons. The molecule has 1 saturated carbocycles. The van der Waals surface area contributed by atoms with Gasteiger partial charge in [-0.25, -0.2) is 0 Å². The van der Waals surface area contributed by atoms with Crippen molar-refractivity contribution in [2.75, 3.05) is 0 Å². The van der Waals surface area contributed by atoms with Gasteiger partial charge >= 0.3 is 0 Å². The number of hydrogen-bond acceptors (Lipinski definition) is 6. The zero-order valence-corrected chi connectivity index (χ0v) is 15.4. The van der Waals surface area contributed by atoms with Crippen LogP contribution < -0.4 is 10.5 Å². The van der Waals surface area contributed by atoms with Gasteiger partial charge in [0.1, 0.15) is 5.75 Å². The molecule has 0 spiro atoms. The first-order valence-electron chi connectivity index (χ1n) is 8.59. The van der Waals surface area contributed by atoms with E-state index in [1.807, 2.05) is 18.2 Å². The number of ether oxygens (including phenoxy) is 1. The molecular weight excluding hydrogens is 366 g/mol. The Bertz CT molecular complexity index is 906. The minimum Gasteiger partial charge on any atom is -0.484 e. The van der Waals surface area contributed by atoms with Crippen molar-refractivity contribution in [1.29, 1.82) is 0 Å². The molecule has 140 valence electrons. The highest BCUT2D eigenvalue weighted by Crippen LogP contribution is 2.36. The van der Waals surface area contributed by atoms with Gasteiger partial charge in [0.2, 0.25) is 0 Å².